The Bertz CT molecular complexity index is 526. The highest BCUT2D eigenvalue weighted by molar-refractivity contribution is 5.61. The van der Waals surface area contributed by atoms with Crippen LogP contribution in [-0.2, 0) is 6.42 Å². The lowest BCUT2D eigenvalue weighted by atomic mass is 10.2. The molecule has 1 aromatic carbocycles. The number of anilines is 2. The van der Waals surface area contributed by atoms with Crippen LogP contribution in [0.4, 0.5) is 11.4 Å². The molecular formula is C15H19N3O. The minimum atomic E-state index is 0.590. The van der Waals surface area contributed by atoms with Gasteiger partial charge >= 0.3 is 0 Å². The van der Waals surface area contributed by atoms with E-state index in [0.29, 0.717) is 12.3 Å². The highest BCUT2D eigenvalue weighted by Crippen LogP contribution is 2.26. The lowest BCUT2D eigenvalue weighted by molar-refractivity contribution is 0.323. The molecule has 0 fully saturated rings. The predicted molar refractivity (Wildman–Crippen MR) is 78.6 cm³/mol. The molecule has 4 heteroatoms. The van der Waals surface area contributed by atoms with Crippen LogP contribution >= 0.6 is 0 Å². The van der Waals surface area contributed by atoms with Crippen molar-refractivity contribution in [3.05, 3.63) is 48.3 Å². The molecular weight excluding hydrogens is 238 g/mol. The van der Waals surface area contributed by atoms with Crippen LogP contribution in [0.3, 0.4) is 0 Å². The summed E-state index contributed by atoms with van der Waals surface area (Å²) in [6, 6.07) is 9.77. The van der Waals surface area contributed by atoms with E-state index in [9.17, 15) is 0 Å². The van der Waals surface area contributed by atoms with Gasteiger partial charge < -0.3 is 15.4 Å². The molecule has 0 radical (unpaired) electrons. The van der Waals surface area contributed by atoms with Crippen LogP contribution in [0.5, 0.6) is 5.75 Å². The van der Waals surface area contributed by atoms with Crippen molar-refractivity contribution >= 4 is 11.4 Å². The first kappa shape index (κ1) is 13.2. The molecule has 0 unspecified atom stereocenters. The molecule has 19 heavy (non-hydrogen) atoms. The molecule has 0 spiro atoms. The largest absolute Gasteiger partial charge is 0.491 e. The van der Waals surface area contributed by atoms with Crippen molar-refractivity contribution < 1.29 is 4.74 Å². The second kappa shape index (κ2) is 6.09. The molecule has 2 aromatic rings. The van der Waals surface area contributed by atoms with Gasteiger partial charge in [0.25, 0.3) is 0 Å². The molecule has 0 bridgehead atoms. The summed E-state index contributed by atoms with van der Waals surface area (Å²) in [5, 5.41) is 0. The first-order valence-electron chi connectivity index (χ1n) is 6.25. The summed E-state index contributed by atoms with van der Waals surface area (Å²) in [6.45, 7) is 0.590. The first-order chi connectivity index (χ1) is 9.16. The van der Waals surface area contributed by atoms with Crippen molar-refractivity contribution in [1.29, 1.82) is 0 Å². The molecule has 0 saturated heterocycles. The predicted octanol–water partition coefficient (Wildman–Crippen LogP) is 2.35. The van der Waals surface area contributed by atoms with Crippen molar-refractivity contribution in [1.82, 2.24) is 4.98 Å². The van der Waals surface area contributed by atoms with Crippen molar-refractivity contribution in [2.75, 3.05) is 31.3 Å². The third kappa shape index (κ3) is 3.61. The average Bonchev–Trinajstić information content (AvgIpc) is 2.42. The molecule has 0 aliphatic heterocycles. The van der Waals surface area contributed by atoms with Crippen LogP contribution in [0.15, 0.2) is 42.7 Å². The third-order valence-electron chi connectivity index (χ3n) is 2.88. The van der Waals surface area contributed by atoms with Gasteiger partial charge in [-0.25, -0.2) is 0 Å². The number of hydrogen-bond acceptors (Lipinski definition) is 4. The van der Waals surface area contributed by atoms with E-state index < -0.39 is 0 Å². The van der Waals surface area contributed by atoms with E-state index in [4.69, 9.17) is 10.5 Å². The van der Waals surface area contributed by atoms with Crippen LogP contribution in [0, 0.1) is 0 Å². The number of nitrogens with zero attached hydrogens (tertiary/aromatic N) is 2. The molecule has 1 aromatic heterocycles. The van der Waals surface area contributed by atoms with E-state index in [1.807, 2.05) is 55.5 Å². The highest BCUT2D eigenvalue weighted by atomic mass is 16.5. The summed E-state index contributed by atoms with van der Waals surface area (Å²) in [6.07, 6.45) is 4.44. The fraction of sp³-hybridized carbons (Fsp3) is 0.267. The lowest BCUT2D eigenvalue weighted by Gasteiger charge is -2.15. The number of benzene rings is 1. The fourth-order valence-electron chi connectivity index (χ4n) is 1.75. The number of aromatic nitrogens is 1. The molecule has 100 valence electrons. The maximum Gasteiger partial charge on any atom is 0.144 e. The Hall–Kier alpha value is -2.23. The number of ether oxygens (including phenoxy) is 1. The number of nitrogen functional groups attached to an aromatic ring is 1. The number of rotatable bonds is 5. The van der Waals surface area contributed by atoms with Crippen LogP contribution in [0.1, 0.15) is 5.56 Å². The zero-order valence-corrected chi connectivity index (χ0v) is 11.3. The summed E-state index contributed by atoms with van der Waals surface area (Å²) >= 11 is 0. The second-order valence-corrected chi connectivity index (χ2v) is 4.58. The SMILES string of the molecule is CN(C)c1ccc(N)c(OCCc2cccnc2)c1. The fourth-order valence-corrected chi connectivity index (χ4v) is 1.75. The summed E-state index contributed by atoms with van der Waals surface area (Å²) in [7, 11) is 3.98. The van der Waals surface area contributed by atoms with Gasteiger partial charge in [0.15, 0.2) is 0 Å². The minimum Gasteiger partial charge on any atom is -0.491 e. The monoisotopic (exact) mass is 257 g/mol. The second-order valence-electron chi connectivity index (χ2n) is 4.58. The van der Waals surface area contributed by atoms with Gasteiger partial charge in [-0.15, -0.1) is 0 Å². The molecule has 2 rings (SSSR count). The molecule has 2 N–H and O–H groups in total. The maximum absolute atomic E-state index is 5.91. The Morgan fingerprint density at radius 1 is 1.26 bits per heavy atom. The molecule has 0 atom stereocenters. The van der Waals surface area contributed by atoms with Crippen molar-refractivity contribution in [3.63, 3.8) is 0 Å². The standard InChI is InChI=1S/C15H19N3O/c1-18(2)13-5-6-14(16)15(10-13)19-9-7-12-4-3-8-17-11-12/h3-6,8,10-11H,7,9,16H2,1-2H3. The molecule has 0 aliphatic carbocycles. The average molecular weight is 257 g/mol. The van der Waals surface area contributed by atoms with Gasteiger partial charge in [0, 0.05) is 44.7 Å². The van der Waals surface area contributed by atoms with E-state index in [2.05, 4.69) is 4.98 Å². The van der Waals surface area contributed by atoms with Crippen molar-refractivity contribution in [3.8, 4) is 5.75 Å². The maximum atomic E-state index is 5.91. The zero-order valence-electron chi connectivity index (χ0n) is 11.3. The quantitative estimate of drug-likeness (QED) is 0.835. The normalized spacial score (nSPS) is 10.2. The van der Waals surface area contributed by atoms with Gasteiger partial charge in [-0.3, -0.25) is 4.98 Å². The van der Waals surface area contributed by atoms with E-state index in [0.717, 1.165) is 23.4 Å². The summed E-state index contributed by atoms with van der Waals surface area (Å²) in [5.41, 5.74) is 8.81. The Kier molecular flexibility index (Phi) is 4.23. The molecule has 0 amide bonds. The van der Waals surface area contributed by atoms with Crippen molar-refractivity contribution in [2.24, 2.45) is 0 Å². The van der Waals surface area contributed by atoms with Crippen LogP contribution in [-0.4, -0.2) is 25.7 Å². The Morgan fingerprint density at radius 3 is 2.79 bits per heavy atom. The smallest absolute Gasteiger partial charge is 0.144 e. The highest BCUT2D eigenvalue weighted by Gasteiger charge is 2.04. The molecule has 0 aliphatic rings. The number of pyridine rings is 1. The van der Waals surface area contributed by atoms with E-state index in [1.54, 1.807) is 6.20 Å². The van der Waals surface area contributed by atoms with Gasteiger partial charge in [0.1, 0.15) is 5.75 Å². The van der Waals surface area contributed by atoms with Gasteiger partial charge in [-0.2, -0.15) is 0 Å². The Labute approximate surface area is 113 Å². The zero-order chi connectivity index (χ0) is 13.7. The summed E-state index contributed by atoms with van der Waals surface area (Å²) in [4.78, 5) is 6.10. The van der Waals surface area contributed by atoms with Crippen LogP contribution in [0.2, 0.25) is 0 Å². The van der Waals surface area contributed by atoms with Gasteiger partial charge in [-0.1, -0.05) is 6.07 Å². The lowest BCUT2D eigenvalue weighted by Crippen LogP contribution is -2.10. The summed E-state index contributed by atoms with van der Waals surface area (Å²) in [5.74, 6) is 0.732. The number of hydrogen-bond donors (Lipinski definition) is 1. The van der Waals surface area contributed by atoms with E-state index >= 15 is 0 Å². The Balaban J connectivity index is 1.97. The Morgan fingerprint density at radius 2 is 2.11 bits per heavy atom. The third-order valence-corrected chi connectivity index (χ3v) is 2.88. The molecule has 1 heterocycles. The van der Waals surface area contributed by atoms with Gasteiger partial charge in [0.05, 0.1) is 12.3 Å². The first-order valence-corrected chi connectivity index (χ1v) is 6.25. The van der Waals surface area contributed by atoms with Crippen LogP contribution < -0.4 is 15.4 Å². The van der Waals surface area contributed by atoms with E-state index in [-0.39, 0.29) is 0 Å². The van der Waals surface area contributed by atoms with Gasteiger partial charge in [0.2, 0.25) is 0 Å². The minimum absolute atomic E-state index is 0.590. The van der Waals surface area contributed by atoms with Gasteiger partial charge in [-0.05, 0) is 23.8 Å². The molecule has 0 saturated carbocycles. The molecule has 4 nitrogen and oxygen atoms in total. The van der Waals surface area contributed by atoms with E-state index in [1.165, 1.54) is 0 Å². The van der Waals surface area contributed by atoms with Crippen LogP contribution in [0.25, 0.3) is 0 Å². The number of nitrogens with two attached hydrogens (primary N) is 1. The summed E-state index contributed by atoms with van der Waals surface area (Å²) < 4.78 is 5.75. The van der Waals surface area contributed by atoms with Crippen molar-refractivity contribution in [2.45, 2.75) is 6.42 Å². The topological polar surface area (TPSA) is 51.4 Å².